The van der Waals surface area contributed by atoms with Crippen molar-refractivity contribution in [2.45, 2.75) is 26.3 Å². The zero-order valence-electron chi connectivity index (χ0n) is 13.2. The van der Waals surface area contributed by atoms with Crippen molar-refractivity contribution in [2.24, 2.45) is 11.3 Å². The van der Waals surface area contributed by atoms with Crippen molar-refractivity contribution in [3.63, 3.8) is 0 Å². The zero-order valence-corrected chi connectivity index (χ0v) is 14.0. The van der Waals surface area contributed by atoms with Gasteiger partial charge in [0.1, 0.15) is 5.82 Å². The number of fused-ring (bicyclic) bond motifs is 1. The lowest BCUT2D eigenvalue weighted by molar-refractivity contribution is 0.0684. The average Bonchev–Trinajstić information content (AvgIpc) is 2.80. The highest BCUT2D eigenvalue weighted by atomic mass is 32.2. The minimum absolute atomic E-state index is 0.0235. The molecule has 1 atom stereocenters. The van der Waals surface area contributed by atoms with Gasteiger partial charge >= 0.3 is 0 Å². The van der Waals surface area contributed by atoms with Gasteiger partial charge in [-0.05, 0) is 12.1 Å². The number of aromatic nitrogens is 2. The summed E-state index contributed by atoms with van der Waals surface area (Å²) in [5, 5.41) is 0. The van der Waals surface area contributed by atoms with Gasteiger partial charge in [0, 0.05) is 18.4 Å². The number of aromatic amines is 1. The van der Waals surface area contributed by atoms with Crippen molar-refractivity contribution >= 4 is 21.1 Å². The maximum atomic E-state index is 13.6. The average molecular weight is 343 g/mol. The molecule has 23 heavy (non-hydrogen) atoms. The number of hydrogen-bond acceptors (Lipinski definition) is 3. The van der Waals surface area contributed by atoms with Gasteiger partial charge in [-0.25, -0.2) is 22.2 Å². The lowest BCUT2D eigenvalue weighted by Crippen LogP contribution is -2.31. The summed E-state index contributed by atoms with van der Waals surface area (Å²) in [6.45, 7) is 2.81. The van der Waals surface area contributed by atoms with Crippen molar-refractivity contribution in [1.82, 2.24) is 14.3 Å². The van der Waals surface area contributed by atoms with Crippen LogP contribution in [0.2, 0.25) is 0 Å². The van der Waals surface area contributed by atoms with Crippen molar-refractivity contribution in [1.29, 1.82) is 0 Å². The van der Waals surface area contributed by atoms with E-state index in [1.807, 2.05) is 24.3 Å². The fourth-order valence-electron chi connectivity index (χ4n) is 2.80. The van der Waals surface area contributed by atoms with Crippen LogP contribution in [-0.2, 0) is 16.6 Å². The summed E-state index contributed by atoms with van der Waals surface area (Å²) in [6.07, 6.45) is 0. The smallest absolute Gasteiger partial charge is 0.258 e. The maximum Gasteiger partial charge on any atom is 0.258 e. The minimum atomic E-state index is -3.78. The van der Waals surface area contributed by atoms with E-state index >= 15 is 0 Å². The highest BCUT2D eigenvalue weighted by Crippen LogP contribution is 2.65. The van der Waals surface area contributed by atoms with Crippen LogP contribution in [0.1, 0.15) is 19.7 Å². The summed E-state index contributed by atoms with van der Waals surface area (Å²) in [6, 6.07) is 7.34. The molecule has 0 aliphatic heterocycles. The molecule has 5 nitrogen and oxygen atoms in total. The van der Waals surface area contributed by atoms with Crippen LogP contribution in [0.3, 0.4) is 0 Å². The fourth-order valence-corrected chi connectivity index (χ4v) is 4.42. The van der Waals surface area contributed by atoms with E-state index in [1.54, 1.807) is 0 Å². The van der Waals surface area contributed by atoms with Crippen LogP contribution in [0, 0.1) is 11.3 Å². The van der Waals surface area contributed by atoms with Gasteiger partial charge in [0.15, 0.2) is 0 Å². The Balaban J connectivity index is 1.73. The van der Waals surface area contributed by atoms with Crippen molar-refractivity contribution in [2.75, 3.05) is 12.8 Å². The quantitative estimate of drug-likeness (QED) is 0.907. The van der Waals surface area contributed by atoms with E-state index in [0.29, 0.717) is 5.82 Å². The van der Waals surface area contributed by atoms with Gasteiger partial charge in [-0.3, -0.25) is 0 Å². The predicted octanol–water partition coefficient (Wildman–Crippen LogP) is 2.62. The molecule has 1 aromatic carbocycles. The molecule has 0 radical (unpaired) electrons. The van der Waals surface area contributed by atoms with Gasteiger partial charge in [-0.1, -0.05) is 26.0 Å². The SMILES string of the molecule is CN(Cc1nc2ccccc2[nH]1)S(=O)(=O)CC1C(C)(C)C1(F)F. The Hall–Kier alpha value is -1.54. The molecule has 1 saturated carbocycles. The van der Waals surface area contributed by atoms with Crippen molar-refractivity contribution < 1.29 is 17.2 Å². The Kier molecular flexibility index (Phi) is 3.53. The summed E-state index contributed by atoms with van der Waals surface area (Å²) in [4.78, 5) is 7.34. The van der Waals surface area contributed by atoms with E-state index in [-0.39, 0.29) is 6.54 Å². The Labute approximate surface area is 133 Å². The largest absolute Gasteiger partial charge is 0.341 e. The number of hydrogen-bond donors (Lipinski definition) is 1. The topological polar surface area (TPSA) is 66.1 Å². The number of rotatable bonds is 5. The number of imidazole rings is 1. The number of halogens is 2. The molecule has 1 unspecified atom stereocenters. The van der Waals surface area contributed by atoms with Crippen molar-refractivity contribution in [3.8, 4) is 0 Å². The van der Waals surface area contributed by atoms with E-state index in [1.165, 1.54) is 20.9 Å². The van der Waals surface area contributed by atoms with E-state index in [9.17, 15) is 17.2 Å². The van der Waals surface area contributed by atoms with Crippen LogP contribution in [0.15, 0.2) is 24.3 Å². The first-order chi connectivity index (χ1) is 10.6. The standard InChI is InChI=1S/C15H19F2N3O2S/c1-14(2)12(15(14,16)17)9-23(21,22)20(3)8-13-18-10-6-4-5-7-11(10)19-13/h4-7,12H,8-9H2,1-3H3,(H,18,19). The molecule has 0 saturated heterocycles. The third-order valence-electron chi connectivity index (χ3n) is 4.75. The lowest BCUT2D eigenvalue weighted by atomic mass is 10.1. The second-order valence-corrected chi connectivity index (χ2v) is 8.75. The molecule has 1 aliphatic carbocycles. The molecule has 3 rings (SSSR count). The maximum absolute atomic E-state index is 13.6. The molecule has 0 spiro atoms. The zero-order chi connectivity index (χ0) is 17.0. The van der Waals surface area contributed by atoms with Gasteiger partial charge in [0.05, 0.1) is 23.3 Å². The van der Waals surface area contributed by atoms with Crippen LogP contribution in [-0.4, -0.2) is 41.4 Å². The second kappa shape index (κ2) is 4.98. The molecule has 126 valence electrons. The van der Waals surface area contributed by atoms with Gasteiger partial charge < -0.3 is 4.98 Å². The summed E-state index contributed by atoms with van der Waals surface area (Å²) >= 11 is 0. The summed E-state index contributed by atoms with van der Waals surface area (Å²) in [5.41, 5.74) is 0.284. The molecule has 2 aromatic rings. The van der Waals surface area contributed by atoms with Gasteiger partial charge in [0.2, 0.25) is 10.0 Å². The minimum Gasteiger partial charge on any atom is -0.341 e. The Morgan fingerprint density at radius 1 is 1.30 bits per heavy atom. The van der Waals surface area contributed by atoms with Gasteiger partial charge in [0.25, 0.3) is 5.92 Å². The van der Waals surface area contributed by atoms with Crippen LogP contribution in [0.4, 0.5) is 8.78 Å². The summed E-state index contributed by atoms with van der Waals surface area (Å²) in [5.74, 6) is -4.14. The number of alkyl halides is 2. The first-order valence-electron chi connectivity index (χ1n) is 7.31. The molecule has 1 aromatic heterocycles. The molecule has 1 heterocycles. The van der Waals surface area contributed by atoms with E-state index in [2.05, 4.69) is 9.97 Å². The molecular formula is C15H19F2N3O2S. The number of para-hydroxylation sites is 2. The molecule has 1 fully saturated rings. The molecule has 8 heteroatoms. The molecule has 0 bridgehead atoms. The number of sulfonamides is 1. The normalized spacial score (nSPS) is 22.6. The number of nitrogens with zero attached hydrogens (tertiary/aromatic N) is 2. The van der Waals surface area contributed by atoms with Crippen LogP contribution in [0.25, 0.3) is 11.0 Å². The van der Waals surface area contributed by atoms with Crippen molar-refractivity contribution in [3.05, 3.63) is 30.1 Å². The molecular weight excluding hydrogens is 324 g/mol. The van der Waals surface area contributed by atoms with Gasteiger partial charge in [-0.15, -0.1) is 0 Å². The van der Waals surface area contributed by atoms with E-state index in [4.69, 9.17) is 0 Å². The first kappa shape index (κ1) is 16.3. The third-order valence-corrected chi connectivity index (χ3v) is 6.58. The fraction of sp³-hybridized carbons (Fsp3) is 0.533. The Morgan fingerprint density at radius 3 is 2.48 bits per heavy atom. The van der Waals surface area contributed by atoms with E-state index in [0.717, 1.165) is 15.3 Å². The molecule has 1 N–H and O–H groups in total. The Morgan fingerprint density at radius 2 is 1.91 bits per heavy atom. The highest BCUT2D eigenvalue weighted by molar-refractivity contribution is 7.89. The molecule has 1 aliphatic rings. The lowest BCUT2D eigenvalue weighted by Gasteiger charge is -2.16. The summed E-state index contributed by atoms with van der Waals surface area (Å²) in [7, 11) is -2.40. The molecule has 0 amide bonds. The third kappa shape index (κ3) is 2.63. The number of benzene rings is 1. The van der Waals surface area contributed by atoms with Crippen LogP contribution in [0.5, 0.6) is 0 Å². The Bertz CT molecular complexity index is 798. The monoisotopic (exact) mass is 343 g/mol. The van der Waals surface area contributed by atoms with E-state index < -0.39 is 33.0 Å². The number of H-pyrrole nitrogens is 1. The number of nitrogens with one attached hydrogen (secondary N) is 1. The van der Waals surface area contributed by atoms with Crippen LogP contribution < -0.4 is 0 Å². The predicted molar refractivity (Wildman–Crippen MR) is 83.6 cm³/mol. The first-order valence-corrected chi connectivity index (χ1v) is 8.92. The van der Waals surface area contributed by atoms with Gasteiger partial charge in [-0.2, -0.15) is 4.31 Å². The highest BCUT2D eigenvalue weighted by Gasteiger charge is 2.75. The van der Waals surface area contributed by atoms with Crippen LogP contribution >= 0.6 is 0 Å². The summed E-state index contributed by atoms with van der Waals surface area (Å²) < 4.78 is 53.0. The second-order valence-electron chi connectivity index (χ2n) is 6.63.